The predicted octanol–water partition coefficient (Wildman–Crippen LogP) is 18.4. The number of nitrogens with zero attached hydrogens (tertiary/aromatic N) is 4. The van der Waals surface area contributed by atoms with E-state index in [1.54, 1.807) is 0 Å². The van der Waals surface area contributed by atoms with Gasteiger partial charge in [0.2, 0.25) is 0 Å². The Hall–Kier alpha value is -8.08. The van der Waals surface area contributed by atoms with Crippen LogP contribution in [0.5, 0.6) is 0 Å². The first-order valence-electron chi connectivity index (χ1n) is 25.5. The zero-order valence-electron chi connectivity index (χ0n) is 42.3. The molecule has 8 aromatic carbocycles. The summed E-state index contributed by atoms with van der Waals surface area (Å²) < 4.78 is 0. The van der Waals surface area contributed by atoms with Crippen molar-refractivity contribution in [3.63, 3.8) is 0 Å². The summed E-state index contributed by atoms with van der Waals surface area (Å²) in [7, 11) is 0. The van der Waals surface area contributed by atoms with Crippen molar-refractivity contribution in [2.24, 2.45) is 4.99 Å². The molecule has 0 saturated heterocycles. The average molecular weight is 923 g/mol. The lowest BCUT2D eigenvalue weighted by Gasteiger charge is -2.32. The topological polar surface area (TPSA) is 51.0 Å². The van der Waals surface area contributed by atoms with E-state index in [1.165, 1.54) is 55.7 Å². The normalized spacial score (nSPS) is 13.9. The highest BCUT2D eigenvalue weighted by Gasteiger charge is 2.54. The van der Waals surface area contributed by atoms with Gasteiger partial charge in [-0.1, -0.05) is 242 Å². The molecule has 0 amide bonds. The summed E-state index contributed by atoms with van der Waals surface area (Å²) in [6.45, 7) is 16.7. The van der Waals surface area contributed by atoms with Gasteiger partial charge in [-0.3, -0.25) is 4.99 Å². The quantitative estimate of drug-likeness (QED) is 0.136. The van der Waals surface area contributed by atoms with E-state index in [2.05, 4.69) is 198 Å². The summed E-state index contributed by atoms with van der Waals surface area (Å²) in [5.41, 5.74) is 22.2. The molecule has 4 heteroatoms. The van der Waals surface area contributed by atoms with Crippen LogP contribution in [-0.4, -0.2) is 21.2 Å². The lowest BCUT2D eigenvalue weighted by atomic mass is 9.68. The van der Waals surface area contributed by atoms with Crippen molar-refractivity contribution in [3.8, 4) is 78.7 Å². The molecule has 71 heavy (non-hydrogen) atoms. The first-order valence-corrected chi connectivity index (χ1v) is 25.5. The van der Waals surface area contributed by atoms with Crippen LogP contribution < -0.4 is 0 Å². The molecule has 0 radical (unpaired) electrons. The van der Waals surface area contributed by atoms with E-state index >= 15 is 0 Å². The minimum atomic E-state index is -0.406. The highest BCUT2D eigenvalue weighted by molar-refractivity contribution is 6.02. The van der Waals surface area contributed by atoms with E-state index in [4.69, 9.17) is 19.9 Å². The Balaban J connectivity index is 0.00000152. The average Bonchev–Trinajstić information content (AvgIpc) is 3.90. The van der Waals surface area contributed by atoms with Gasteiger partial charge in [-0.05, 0) is 105 Å². The fourth-order valence-electron chi connectivity index (χ4n) is 10.5. The van der Waals surface area contributed by atoms with Crippen molar-refractivity contribution in [3.05, 3.63) is 234 Å². The molecule has 0 atom stereocenters. The monoisotopic (exact) mass is 922 g/mol. The summed E-state index contributed by atoms with van der Waals surface area (Å²) in [6.07, 6.45) is 8.60. The van der Waals surface area contributed by atoms with Crippen molar-refractivity contribution in [2.45, 2.75) is 73.6 Å². The van der Waals surface area contributed by atoms with E-state index in [1.807, 2.05) is 64.2 Å². The second kappa shape index (κ2) is 21.3. The molecule has 1 aromatic heterocycles. The maximum absolute atomic E-state index is 5.08. The number of aliphatic imine (C=N–C) groups is 1. The van der Waals surface area contributed by atoms with Crippen molar-refractivity contribution >= 4 is 17.5 Å². The van der Waals surface area contributed by atoms with E-state index < -0.39 is 5.41 Å². The van der Waals surface area contributed by atoms with Crippen molar-refractivity contribution in [1.29, 1.82) is 0 Å². The molecule has 1 spiro atoms. The molecule has 9 aromatic rings. The number of aromatic nitrogens is 3. The highest BCUT2D eigenvalue weighted by atomic mass is 15.0. The molecule has 0 N–H and O–H groups in total. The van der Waals surface area contributed by atoms with Crippen molar-refractivity contribution in [2.75, 3.05) is 0 Å². The number of rotatable bonds is 9. The van der Waals surface area contributed by atoms with Gasteiger partial charge < -0.3 is 0 Å². The molecule has 0 saturated carbocycles. The molecule has 11 rings (SSSR count). The second-order valence-corrected chi connectivity index (χ2v) is 17.4. The van der Waals surface area contributed by atoms with Gasteiger partial charge in [0.25, 0.3) is 0 Å². The molecular weight excluding hydrogens is 861 g/mol. The minimum Gasteiger partial charge on any atom is -0.260 e. The van der Waals surface area contributed by atoms with Gasteiger partial charge in [0.1, 0.15) is 0 Å². The number of hydrogen-bond acceptors (Lipinski definition) is 4. The van der Waals surface area contributed by atoms with Crippen LogP contribution in [0.15, 0.2) is 211 Å². The maximum atomic E-state index is 5.08. The van der Waals surface area contributed by atoms with Crippen LogP contribution in [0.3, 0.4) is 0 Å². The van der Waals surface area contributed by atoms with Gasteiger partial charge in [-0.25, -0.2) is 15.0 Å². The maximum Gasteiger partial charge on any atom is 0.164 e. The third kappa shape index (κ3) is 8.59. The molecule has 2 aliphatic rings. The van der Waals surface area contributed by atoms with Gasteiger partial charge in [0.15, 0.2) is 17.5 Å². The fourth-order valence-corrected chi connectivity index (χ4v) is 10.5. The van der Waals surface area contributed by atoms with Crippen LogP contribution in [0, 0.1) is 6.92 Å². The molecule has 1 heterocycles. The van der Waals surface area contributed by atoms with Gasteiger partial charge in [0, 0.05) is 28.5 Å². The summed E-state index contributed by atoms with van der Waals surface area (Å²) >= 11 is 0. The number of fused-ring (bicyclic) bond motifs is 7. The number of aryl methyl sites for hydroxylation is 1. The molecule has 350 valence electrons. The third-order valence-corrected chi connectivity index (χ3v) is 13.5. The largest absolute Gasteiger partial charge is 0.260 e. The second-order valence-electron chi connectivity index (χ2n) is 17.4. The molecule has 0 bridgehead atoms. The lowest BCUT2D eigenvalue weighted by molar-refractivity contribution is 0.794. The third-order valence-electron chi connectivity index (χ3n) is 13.5. The van der Waals surface area contributed by atoms with Crippen LogP contribution >= 0.6 is 0 Å². The number of allylic oxidation sites excluding steroid dienone is 4. The Morgan fingerprint density at radius 3 is 1.37 bits per heavy atom. The minimum absolute atomic E-state index is 0.406. The summed E-state index contributed by atoms with van der Waals surface area (Å²) in [6, 6.07) is 67.6. The predicted molar refractivity (Wildman–Crippen MR) is 302 cm³/mol. The van der Waals surface area contributed by atoms with Crippen LogP contribution in [0.1, 0.15) is 89.1 Å². The van der Waals surface area contributed by atoms with Crippen LogP contribution in [0.4, 0.5) is 5.69 Å². The van der Waals surface area contributed by atoms with Gasteiger partial charge in [-0.15, -0.1) is 0 Å². The van der Waals surface area contributed by atoms with E-state index in [0.29, 0.717) is 17.5 Å². The first kappa shape index (κ1) is 48.0. The van der Waals surface area contributed by atoms with Crippen LogP contribution in [0.25, 0.3) is 84.2 Å². The summed E-state index contributed by atoms with van der Waals surface area (Å²) in [5.74, 6) is 1.89. The Labute approximate surface area is 421 Å². The standard InChI is InChI=1S/C63H50N4.2C2H6/c1-5-17-51-54-25-16-23-49(58(54)63(55(51)7-3)56-26-13-11-21-52(56)53-22-12-14-27-57(53)63)44-32-28-42(29-33-44)43-30-36-47(37-31-43)61-65-60(46-19-9-8-10-20-46)66-62(67-61)48-38-34-45(35-39-48)50-24-15-18-41(4)59(50)64-40-6-2;2*1-2/h7-40H,5-6H2,1-4H3;2*1-2H3/b51-17-,55-7+,64-40?;;. The van der Waals surface area contributed by atoms with Gasteiger partial charge in [0.05, 0.1) is 11.1 Å². The first-order chi connectivity index (χ1) is 35.0. The van der Waals surface area contributed by atoms with E-state index in [-0.39, 0.29) is 0 Å². The van der Waals surface area contributed by atoms with Crippen molar-refractivity contribution in [1.82, 2.24) is 15.0 Å². The molecule has 0 aliphatic heterocycles. The molecule has 2 aliphatic carbocycles. The Kier molecular flexibility index (Phi) is 14.4. The number of benzene rings is 8. The molecular formula is C67H62N4. The number of para-hydroxylation sites is 1. The van der Waals surface area contributed by atoms with Crippen LogP contribution in [-0.2, 0) is 5.41 Å². The Bertz CT molecular complexity index is 3370. The lowest BCUT2D eigenvalue weighted by Crippen LogP contribution is -2.26. The summed E-state index contributed by atoms with van der Waals surface area (Å²) in [5, 5.41) is 0. The van der Waals surface area contributed by atoms with E-state index in [0.717, 1.165) is 63.0 Å². The zero-order valence-corrected chi connectivity index (χ0v) is 42.3. The van der Waals surface area contributed by atoms with Crippen molar-refractivity contribution < 1.29 is 0 Å². The van der Waals surface area contributed by atoms with Crippen LogP contribution in [0.2, 0.25) is 0 Å². The smallest absolute Gasteiger partial charge is 0.164 e. The molecule has 4 nitrogen and oxygen atoms in total. The molecule has 0 unspecified atom stereocenters. The van der Waals surface area contributed by atoms with E-state index in [9.17, 15) is 0 Å². The SMILES string of the molecule is C/C=C1\C(=C/CC)c2cccc(-c3ccc(-c4ccc(-c5nc(-c6ccccc6)nc(-c6ccc(-c7cccc(C)c7N=CCC)cc6)n5)cc4)cc3)c2C12c1ccccc1-c1ccccc12.CC.CC. The summed E-state index contributed by atoms with van der Waals surface area (Å²) in [4.78, 5) is 19.9. The Morgan fingerprint density at radius 1 is 0.423 bits per heavy atom. The van der Waals surface area contributed by atoms with Gasteiger partial charge in [-0.2, -0.15) is 0 Å². The Morgan fingerprint density at radius 2 is 0.845 bits per heavy atom. The fraction of sp³-hybridized carbons (Fsp3) is 0.164. The number of hydrogen-bond donors (Lipinski definition) is 0. The molecule has 0 fully saturated rings. The highest BCUT2D eigenvalue weighted by Crippen LogP contribution is 2.65. The zero-order chi connectivity index (χ0) is 49.5. The van der Waals surface area contributed by atoms with Gasteiger partial charge >= 0.3 is 0 Å².